The SMILES string of the molecule is F[C@@H]1CCN(c2cc(Cl)ncn2)C1. The summed E-state index contributed by atoms with van der Waals surface area (Å²) in [6, 6.07) is 1.65. The zero-order valence-electron chi connectivity index (χ0n) is 6.95. The second-order valence-corrected chi connectivity index (χ2v) is 3.42. The highest BCUT2D eigenvalue weighted by molar-refractivity contribution is 6.29. The average Bonchev–Trinajstić information content (AvgIpc) is 2.52. The van der Waals surface area contributed by atoms with Gasteiger partial charge in [-0.25, -0.2) is 14.4 Å². The topological polar surface area (TPSA) is 29.0 Å². The number of halogens is 2. The number of alkyl halides is 1. The smallest absolute Gasteiger partial charge is 0.134 e. The normalized spacial score (nSPS) is 22.3. The standard InChI is InChI=1S/C8H9ClFN3/c9-7-3-8(12-5-11-7)13-2-1-6(10)4-13/h3,5-6H,1-2,4H2/t6-/m1/s1. The number of anilines is 1. The van der Waals surface area contributed by atoms with E-state index >= 15 is 0 Å². The molecule has 0 unspecified atom stereocenters. The van der Waals surface area contributed by atoms with E-state index in [-0.39, 0.29) is 0 Å². The van der Waals surface area contributed by atoms with E-state index in [1.54, 1.807) is 6.07 Å². The average molecular weight is 202 g/mol. The van der Waals surface area contributed by atoms with Gasteiger partial charge < -0.3 is 4.90 Å². The highest BCUT2D eigenvalue weighted by Crippen LogP contribution is 2.20. The van der Waals surface area contributed by atoms with Crippen molar-refractivity contribution in [2.24, 2.45) is 0 Å². The van der Waals surface area contributed by atoms with Gasteiger partial charge in [0.1, 0.15) is 23.5 Å². The predicted octanol–water partition coefficient (Wildman–Crippen LogP) is 1.68. The first kappa shape index (κ1) is 8.69. The lowest BCUT2D eigenvalue weighted by molar-refractivity contribution is 0.364. The Kier molecular flexibility index (Phi) is 2.31. The second-order valence-electron chi connectivity index (χ2n) is 3.03. The lowest BCUT2D eigenvalue weighted by Crippen LogP contribution is -2.21. The van der Waals surface area contributed by atoms with E-state index in [0.717, 1.165) is 0 Å². The van der Waals surface area contributed by atoms with Crippen molar-refractivity contribution in [2.45, 2.75) is 12.6 Å². The lowest BCUT2D eigenvalue weighted by Gasteiger charge is -2.15. The van der Waals surface area contributed by atoms with E-state index in [1.165, 1.54) is 6.33 Å². The van der Waals surface area contributed by atoms with Gasteiger partial charge in [-0.05, 0) is 6.42 Å². The summed E-state index contributed by atoms with van der Waals surface area (Å²) in [6.07, 6.45) is 1.22. The van der Waals surface area contributed by atoms with Crippen LogP contribution >= 0.6 is 11.6 Å². The summed E-state index contributed by atoms with van der Waals surface area (Å²) in [5.41, 5.74) is 0. The maximum atomic E-state index is 12.8. The first-order chi connectivity index (χ1) is 6.25. The first-order valence-electron chi connectivity index (χ1n) is 4.12. The Balaban J connectivity index is 2.16. The Morgan fingerprint density at radius 3 is 3.00 bits per heavy atom. The fraction of sp³-hybridized carbons (Fsp3) is 0.500. The van der Waals surface area contributed by atoms with Crippen LogP contribution in [0.25, 0.3) is 0 Å². The summed E-state index contributed by atoms with van der Waals surface area (Å²) in [5.74, 6) is 0.708. The summed E-state index contributed by atoms with van der Waals surface area (Å²) in [7, 11) is 0. The quantitative estimate of drug-likeness (QED) is 0.648. The van der Waals surface area contributed by atoms with Crippen LogP contribution in [0, 0.1) is 0 Å². The molecule has 1 saturated heterocycles. The van der Waals surface area contributed by atoms with Crippen LogP contribution in [0.1, 0.15) is 6.42 Å². The number of nitrogens with zero attached hydrogens (tertiary/aromatic N) is 3. The Labute approximate surface area is 80.6 Å². The third-order valence-electron chi connectivity index (χ3n) is 2.07. The summed E-state index contributed by atoms with van der Waals surface area (Å²) in [4.78, 5) is 9.66. The second kappa shape index (κ2) is 3.46. The summed E-state index contributed by atoms with van der Waals surface area (Å²) in [6.45, 7) is 1.11. The maximum absolute atomic E-state index is 12.8. The Hall–Kier alpha value is -0.900. The van der Waals surface area contributed by atoms with Crippen molar-refractivity contribution in [3.8, 4) is 0 Å². The Morgan fingerprint density at radius 1 is 1.54 bits per heavy atom. The van der Waals surface area contributed by atoms with E-state index in [0.29, 0.717) is 30.5 Å². The molecule has 70 valence electrons. The Morgan fingerprint density at radius 2 is 2.38 bits per heavy atom. The molecule has 0 saturated carbocycles. The Bertz CT molecular complexity index is 307. The van der Waals surface area contributed by atoms with E-state index in [9.17, 15) is 4.39 Å². The van der Waals surface area contributed by atoms with Gasteiger partial charge in [-0.1, -0.05) is 11.6 Å². The number of hydrogen-bond acceptors (Lipinski definition) is 3. The molecule has 2 rings (SSSR count). The van der Waals surface area contributed by atoms with Crippen LogP contribution < -0.4 is 4.90 Å². The van der Waals surface area contributed by atoms with Crippen molar-refractivity contribution >= 4 is 17.4 Å². The zero-order chi connectivity index (χ0) is 9.26. The number of hydrogen-bond donors (Lipinski definition) is 0. The van der Waals surface area contributed by atoms with Crippen LogP contribution in [-0.2, 0) is 0 Å². The van der Waals surface area contributed by atoms with Gasteiger partial charge in [-0.3, -0.25) is 0 Å². The van der Waals surface area contributed by atoms with Crippen molar-refractivity contribution in [1.82, 2.24) is 9.97 Å². The molecule has 0 amide bonds. The fourth-order valence-electron chi connectivity index (χ4n) is 1.42. The highest BCUT2D eigenvalue weighted by Gasteiger charge is 2.22. The first-order valence-corrected chi connectivity index (χ1v) is 4.50. The maximum Gasteiger partial charge on any atom is 0.134 e. The van der Waals surface area contributed by atoms with E-state index in [2.05, 4.69) is 9.97 Å². The molecule has 2 heterocycles. The molecule has 1 aliphatic rings. The molecule has 0 bridgehead atoms. The minimum Gasteiger partial charge on any atom is -0.353 e. The summed E-state index contributed by atoms with van der Waals surface area (Å²) < 4.78 is 12.8. The van der Waals surface area contributed by atoms with Gasteiger partial charge in [0.25, 0.3) is 0 Å². The van der Waals surface area contributed by atoms with Gasteiger partial charge in [0.05, 0.1) is 6.54 Å². The van der Waals surface area contributed by atoms with Crippen molar-refractivity contribution in [2.75, 3.05) is 18.0 Å². The molecule has 1 fully saturated rings. The molecule has 13 heavy (non-hydrogen) atoms. The molecule has 0 spiro atoms. The molecule has 5 heteroatoms. The van der Waals surface area contributed by atoms with E-state index in [1.807, 2.05) is 4.90 Å². The third-order valence-corrected chi connectivity index (χ3v) is 2.28. The molecule has 1 aromatic rings. The predicted molar refractivity (Wildman–Crippen MR) is 48.8 cm³/mol. The lowest BCUT2D eigenvalue weighted by atomic mass is 10.3. The van der Waals surface area contributed by atoms with Crippen LogP contribution in [0.4, 0.5) is 10.2 Å². The van der Waals surface area contributed by atoms with Gasteiger partial charge in [-0.15, -0.1) is 0 Å². The van der Waals surface area contributed by atoms with Gasteiger partial charge in [0.15, 0.2) is 0 Å². The van der Waals surface area contributed by atoms with Crippen LogP contribution in [0.5, 0.6) is 0 Å². The van der Waals surface area contributed by atoms with Gasteiger partial charge in [-0.2, -0.15) is 0 Å². The zero-order valence-corrected chi connectivity index (χ0v) is 7.71. The van der Waals surface area contributed by atoms with E-state index < -0.39 is 6.17 Å². The minimum atomic E-state index is -0.742. The molecule has 0 aliphatic carbocycles. The fourth-order valence-corrected chi connectivity index (χ4v) is 1.56. The van der Waals surface area contributed by atoms with Crippen molar-refractivity contribution in [3.05, 3.63) is 17.5 Å². The molecule has 1 atom stereocenters. The molecule has 1 aliphatic heterocycles. The number of aromatic nitrogens is 2. The third kappa shape index (κ3) is 1.88. The molecule has 3 nitrogen and oxygen atoms in total. The van der Waals surface area contributed by atoms with Crippen LogP contribution in [-0.4, -0.2) is 29.2 Å². The number of rotatable bonds is 1. The molecule has 0 N–H and O–H groups in total. The van der Waals surface area contributed by atoms with Crippen LogP contribution in [0.15, 0.2) is 12.4 Å². The van der Waals surface area contributed by atoms with E-state index in [4.69, 9.17) is 11.6 Å². The van der Waals surface area contributed by atoms with Gasteiger partial charge in [0, 0.05) is 12.6 Å². The van der Waals surface area contributed by atoms with Crippen LogP contribution in [0.3, 0.4) is 0 Å². The minimum absolute atomic E-state index is 0.396. The van der Waals surface area contributed by atoms with Crippen molar-refractivity contribution in [3.63, 3.8) is 0 Å². The van der Waals surface area contributed by atoms with Crippen LogP contribution in [0.2, 0.25) is 5.15 Å². The summed E-state index contributed by atoms with van der Waals surface area (Å²) >= 11 is 5.69. The molecular formula is C8H9ClFN3. The van der Waals surface area contributed by atoms with Gasteiger partial charge >= 0.3 is 0 Å². The molecule has 0 radical (unpaired) electrons. The molecule has 1 aromatic heterocycles. The molecular weight excluding hydrogens is 193 g/mol. The van der Waals surface area contributed by atoms with Crippen molar-refractivity contribution in [1.29, 1.82) is 0 Å². The van der Waals surface area contributed by atoms with Crippen molar-refractivity contribution < 1.29 is 4.39 Å². The largest absolute Gasteiger partial charge is 0.353 e. The molecule has 0 aromatic carbocycles. The highest BCUT2D eigenvalue weighted by atomic mass is 35.5. The van der Waals surface area contributed by atoms with Gasteiger partial charge in [0.2, 0.25) is 0 Å². The monoisotopic (exact) mass is 201 g/mol. The summed E-state index contributed by atoms with van der Waals surface area (Å²) in [5, 5.41) is 0.396.